The van der Waals surface area contributed by atoms with Gasteiger partial charge in [-0.3, -0.25) is 4.79 Å². The summed E-state index contributed by atoms with van der Waals surface area (Å²) in [5, 5.41) is 2.93. The van der Waals surface area contributed by atoms with Gasteiger partial charge in [-0.1, -0.05) is 0 Å². The van der Waals surface area contributed by atoms with Crippen molar-refractivity contribution in [1.82, 2.24) is 30.2 Å². The number of nitrogens with zero attached hydrogens (tertiary/aromatic N) is 4. The second-order valence-corrected chi connectivity index (χ2v) is 8.13. The summed E-state index contributed by atoms with van der Waals surface area (Å²) in [6.07, 6.45) is 5.02. The van der Waals surface area contributed by atoms with Gasteiger partial charge in [-0.05, 0) is 63.0 Å². The fourth-order valence-corrected chi connectivity index (χ4v) is 3.40. The van der Waals surface area contributed by atoms with E-state index in [1.165, 1.54) is 12.1 Å². The molecule has 0 aliphatic rings. The highest BCUT2D eigenvalue weighted by atomic mass is 19.1. The second-order valence-electron chi connectivity index (χ2n) is 8.13. The molecule has 0 unspecified atom stereocenters. The Balaban J connectivity index is 1.54. The topological polar surface area (TPSA) is 96.0 Å². The third-order valence-corrected chi connectivity index (χ3v) is 5.22. The van der Waals surface area contributed by atoms with E-state index in [0.717, 1.165) is 18.7 Å². The number of ether oxygens (including phenoxy) is 1. The first kappa shape index (κ1) is 23.3. The Bertz CT molecular complexity index is 1240. The Morgan fingerprint density at radius 3 is 2.68 bits per heavy atom. The molecule has 176 valence electrons. The number of aromatic amines is 1. The van der Waals surface area contributed by atoms with Crippen LogP contribution in [0.15, 0.2) is 54.9 Å². The molecule has 1 amide bonds. The highest BCUT2D eigenvalue weighted by Crippen LogP contribution is 2.29. The van der Waals surface area contributed by atoms with Crippen molar-refractivity contribution < 1.29 is 13.9 Å². The van der Waals surface area contributed by atoms with Crippen molar-refractivity contribution >= 4 is 16.9 Å². The molecule has 0 bridgehead atoms. The van der Waals surface area contributed by atoms with Gasteiger partial charge in [-0.2, -0.15) is 0 Å². The summed E-state index contributed by atoms with van der Waals surface area (Å²) in [5.74, 6) is 0.750. The van der Waals surface area contributed by atoms with Crippen LogP contribution in [0.3, 0.4) is 0 Å². The van der Waals surface area contributed by atoms with E-state index in [1.807, 2.05) is 19.0 Å². The Labute approximate surface area is 197 Å². The molecular formula is C25H27FN6O2. The zero-order chi connectivity index (χ0) is 23.9. The molecule has 4 aromatic rings. The lowest BCUT2D eigenvalue weighted by Crippen LogP contribution is -2.24. The Kier molecular flexibility index (Phi) is 7.44. The van der Waals surface area contributed by atoms with Crippen LogP contribution in [-0.4, -0.2) is 64.5 Å². The van der Waals surface area contributed by atoms with Gasteiger partial charge in [0.2, 0.25) is 5.88 Å². The number of H-pyrrole nitrogens is 1. The highest BCUT2D eigenvalue weighted by molar-refractivity contribution is 5.97. The predicted octanol–water partition coefficient (Wildman–Crippen LogP) is 3.46. The number of benzene rings is 2. The number of halogens is 1. The van der Waals surface area contributed by atoms with E-state index >= 15 is 0 Å². The van der Waals surface area contributed by atoms with Crippen LogP contribution in [0.2, 0.25) is 0 Å². The molecule has 0 aliphatic carbocycles. The van der Waals surface area contributed by atoms with Gasteiger partial charge >= 0.3 is 0 Å². The quantitative estimate of drug-likeness (QED) is 0.351. The van der Waals surface area contributed by atoms with Gasteiger partial charge in [0.05, 0.1) is 11.0 Å². The normalized spacial score (nSPS) is 11.2. The minimum Gasteiger partial charge on any atom is -0.475 e. The van der Waals surface area contributed by atoms with Gasteiger partial charge < -0.3 is 19.9 Å². The van der Waals surface area contributed by atoms with Gasteiger partial charge in [0.1, 0.15) is 23.9 Å². The number of carbonyl (C=O) groups is 1. The molecule has 8 nitrogen and oxygen atoms in total. The van der Waals surface area contributed by atoms with Gasteiger partial charge in [0.25, 0.3) is 5.91 Å². The fourth-order valence-electron chi connectivity index (χ4n) is 3.40. The monoisotopic (exact) mass is 462 g/mol. The van der Waals surface area contributed by atoms with Crippen molar-refractivity contribution in [3.05, 3.63) is 72.1 Å². The standard InChI is InChI=1S/C25H27FN6O2/c1-32(2)14-15-34-25-23(17-5-8-19(26)9-6-17)30-21-16-18(7-10-20(21)31-25)24(33)29-11-3-4-22-27-12-13-28-22/h5-10,12-13,16H,3-4,11,14-15H2,1-2H3,(H,27,28)(H,29,33). The van der Waals surface area contributed by atoms with Crippen molar-refractivity contribution in [2.75, 3.05) is 33.8 Å². The number of nitrogens with one attached hydrogen (secondary N) is 2. The molecule has 34 heavy (non-hydrogen) atoms. The average Bonchev–Trinajstić information content (AvgIpc) is 3.35. The molecule has 0 saturated heterocycles. The summed E-state index contributed by atoms with van der Waals surface area (Å²) >= 11 is 0. The molecule has 2 aromatic carbocycles. The molecule has 0 radical (unpaired) electrons. The Hall–Kier alpha value is -3.85. The molecule has 4 rings (SSSR count). The molecule has 2 aromatic heterocycles. The third-order valence-electron chi connectivity index (χ3n) is 5.22. The maximum absolute atomic E-state index is 13.5. The summed E-state index contributed by atoms with van der Waals surface area (Å²) in [6.45, 7) is 1.67. The minimum absolute atomic E-state index is 0.183. The van der Waals surface area contributed by atoms with Crippen LogP contribution in [0.25, 0.3) is 22.3 Å². The van der Waals surface area contributed by atoms with Crippen molar-refractivity contribution in [2.45, 2.75) is 12.8 Å². The van der Waals surface area contributed by atoms with E-state index in [4.69, 9.17) is 9.72 Å². The van der Waals surface area contributed by atoms with E-state index in [0.29, 0.717) is 53.4 Å². The van der Waals surface area contributed by atoms with Crippen LogP contribution in [0, 0.1) is 5.82 Å². The fraction of sp³-hybridized carbons (Fsp3) is 0.280. The number of imidazole rings is 1. The first-order valence-electron chi connectivity index (χ1n) is 11.1. The third kappa shape index (κ3) is 5.93. The maximum Gasteiger partial charge on any atom is 0.251 e. The van der Waals surface area contributed by atoms with Gasteiger partial charge in [-0.15, -0.1) is 0 Å². The van der Waals surface area contributed by atoms with Crippen LogP contribution < -0.4 is 10.1 Å². The SMILES string of the molecule is CN(C)CCOc1nc2ccc(C(=O)NCCCc3ncc[nH]3)cc2nc1-c1ccc(F)cc1. The molecule has 2 heterocycles. The first-order chi connectivity index (χ1) is 16.5. The number of hydrogen-bond donors (Lipinski definition) is 2. The van der Waals surface area contributed by atoms with E-state index in [9.17, 15) is 9.18 Å². The molecular weight excluding hydrogens is 435 g/mol. The Morgan fingerprint density at radius 1 is 1.12 bits per heavy atom. The van der Waals surface area contributed by atoms with Gasteiger partial charge in [-0.25, -0.2) is 19.3 Å². The number of likely N-dealkylation sites (N-methyl/N-ethyl adjacent to an activating group) is 1. The number of aryl methyl sites for hydroxylation is 1. The lowest BCUT2D eigenvalue weighted by atomic mass is 10.1. The van der Waals surface area contributed by atoms with Crippen LogP contribution in [-0.2, 0) is 6.42 Å². The molecule has 0 fully saturated rings. The van der Waals surface area contributed by atoms with Crippen LogP contribution >= 0.6 is 0 Å². The average molecular weight is 463 g/mol. The minimum atomic E-state index is -0.335. The molecule has 0 saturated carbocycles. The van der Waals surface area contributed by atoms with E-state index in [1.54, 1.807) is 42.7 Å². The van der Waals surface area contributed by atoms with E-state index < -0.39 is 0 Å². The number of amides is 1. The van der Waals surface area contributed by atoms with Crippen LogP contribution in [0.5, 0.6) is 5.88 Å². The van der Waals surface area contributed by atoms with Crippen molar-refractivity contribution in [2.24, 2.45) is 0 Å². The van der Waals surface area contributed by atoms with E-state index in [2.05, 4.69) is 20.3 Å². The van der Waals surface area contributed by atoms with Crippen molar-refractivity contribution in [3.63, 3.8) is 0 Å². The number of fused-ring (bicyclic) bond motifs is 1. The molecule has 9 heteroatoms. The smallest absolute Gasteiger partial charge is 0.251 e. The number of carbonyl (C=O) groups excluding carboxylic acids is 1. The first-order valence-corrected chi connectivity index (χ1v) is 11.1. The second kappa shape index (κ2) is 10.8. The maximum atomic E-state index is 13.5. The highest BCUT2D eigenvalue weighted by Gasteiger charge is 2.15. The molecule has 0 aliphatic heterocycles. The van der Waals surface area contributed by atoms with Crippen molar-refractivity contribution in [1.29, 1.82) is 0 Å². The summed E-state index contributed by atoms with van der Waals surface area (Å²) in [7, 11) is 3.92. The summed E-state index contributed by atoms with van der Waals surface area (Å²) < 4.78 is 19.4. The lowest BCUT2D eigenvalue weighted by Gasteiger charge is -2.14. The summed E-state index contributed by atoms with van der Waals surface area (Å²) in [4.78, 5) is 31.3. The Morgan fingerprint density at radius 2 is 1.94 bits per heavy atom. The zero-order valence-corrected chi connectivity index (χ0v) is 19.2. The van der Waals surface area contributed by atoms with Gasteiger partial charge in [0, 0.05) is 43.0 Å². The summed E-state index contributed by atoms with van der Waals surface area (Å²) in [5.41, 5.74) is 2.85. The van der Waals surface area contributed by atoms with Gasteiger partial charge in [0.15, 0.2) is 0 Å². The molecule has 2 N–H and O–H groups in total. The van der Waals surface area contributed by atoms with Crippen LogP contribution in [0.1, 0.15) is 22.6 Å². The van der Waals surface area contributed by atoms with Crippen molar-refractivity contribution in [3.8, 4) is 17.1 Å². The lowest BCUT2D eigenvalue weighted by molar-refractivity contribution is 0.0953. The zero-order valence-electron chi connectivity index (χ0n) is 19.2. The molecule has 0 atom stereocenters. The largest absolute Gasteiger partial charge is 0.475 e. The number of aromatic nitrogens is 4. The number of rotatable bonds is 10. The number of hydrogen-bond acceptors (Lipinski definition) is 6. The van der Waals surface area contributed by atoms with E-state index in [-0.39, 0.29) is 11.7 Å². The predicted molar refractivity (Wildman–Crippen MR) is 128 cm³/mol. The summed E-state index contributed by atoms with van der Waals surface area (Å²) in [6, 6.07) is 11.2. The molecule has 0 spiro atoms. The van der Waals surface area contributed by atoms with Crippen LogP contribution in [0.4, 0.5) is 4.39 Å².